The van der Waals surface area contributed by atoms with Gasteiger partial charge in [0.2, 0.25) is 0 Å². The Morgan fingerprint density at radius 3 is 1.95 bits per heavy atom. The molecule has 0 spiro atoms. The van der Waals surface area contributed by atoms with E-state index in [2.05, 4.69) is 34.6 Å². The lowest BCUT2D eigenvalue weighted by atomic mass is 9.69. The smallest absolute Gasteiger partial charge is 0.303 e. The maximum Gasteiger partial charge on any atom is 0.303 e. The summed E-state index contributed by atoms with van der Waals surface area (Å²) >= 11 is 0. The molecule has 118 valence electrons. The third-order valence-electron chi connectivity index (χ3n) is 4.70. The van der Waals surface area contributed by atoms with E-state index >= 15 is 0 Å². The topological polar surface area (TPSA) is 74.6 Å². The molecule has 1 aliphatic rings. The third-order valence-corrected chi connectivity index (χ3v) is 4.70. The van der Waals surface area contributed by atoms with E-state index in [1.165, 1.54) is 12.8 Å². The van der Waals surface area contributed by atoms with Crippen LogP contribution in [0.15, 0.2) is 0 Å². The van der Waals surface area contributed by atoms with Crippen molar-refractivity contribution in [3.05, 3.63) is 0 Å². The molecule has 0 amide bonds. The van der Waals surface area contributed by atoms with Crippen molar-refractivity contribution in [2.24, 2.45) is 22.7 Å². The van der Waals surface area contributed by atoms with Crippen LogP contribution in [-0.2, 0) is 9.59 Å². The average Bonchev–Trinajstić information content (AvgIpc) is 2.41. The molecule has 1 fully saturated rings. The van der Waals surface area contributed by atoms with Gasteiger partial charge in [0.15, 0.2) is 0 Å². The summed E-state index contributed by atoms with van der Waals surface area (Å²) in [4.78, 5) is 19.8. The van der Waals surface area contributed by atoms with E-state index in [4.69, 9.17) is 15.0 Å². The first-order valence-electron chi connectivity index (χ1n) is 7.30. The van der Waals surface area contributed by atoms with Crippen molar-refractivity contribution in [3.63, 3.8) is 0 Å². The van der Waals surface area contributed by atoms with Crippen LogP contribution in [0.5, 0.6) is 0 Å². The minimum absolute atomic E-state index is 0.0716. The van der Waals surface area contributed by atoms with Crippen LogP contribution < -0.4 is 0 Å². The maximum atomic E-state index is 10.8. The molecule has 20 heavy (non-hydrogen) atoms. The standard InChI is InChI=1S/C14H26O2.C2H4O2/c1-10-6-7-11(14(10,4)5)8-13(2,3)9-12(15)16;1-2(3)4/h10-11H,6-9H2,1-5H3,(H,15,16);1H3,(H,3,4). The highest BCUT2D eigenvalue weighted by Crippen LogP contribution is 2.51. The molecule has 2 atom stereocenters. The summed E-state index contributed by atoms with van der Waals surface area (Å²) < 4.78 is 0. The van der Waals surface area contributed by atoms with Crippen molar-refractivity contribution in [1.29, 1.82) is 0 Å². The van der Waals surface area contributed by atoms with Crippen LogP contribution in [0.25, 0.3) is 0 Å². The minimum Gasteiger partial charge on any atom is -0.481 e. The van der Waals surface area contributed by atoms with Crippen molar-refractivity contribution in [2.45, 2.75) is 67.2 Å². The number of rotatable bonds is 4. The van der Waals surface area contributed by atoms with Crippen molar-refractivity contribution in [3.8, 4) is 0 Å². The third kappa shape index (κ3) is 6.40. The SMILES string of the molecule is CC(=O)O.CC1CCC(CC(C)(C)CC(=O)O)C1(C)C. The number of carboxylic acids is 2. The van der Waals surface area contributed by atoms with E-state index < -0.39 is 11.9 Å². The molecule has 2 unspecified atom stereocenters. The van der Waals surface area contributed by atoms with Gasteiger partial charge in [0.25, 0.3) is 5.97 Å². The van der Waals surface area contributed by atoms with Gasteiger partial charge in [0, 0.05) is 6.92 Å². The van der Waals surface area contributed by atoms with Gasteiger partial charge in [-0.2, -0.15) is 0 Å². The Balaban J connectivity index is 0.000000796. The Hall–Kier alpha value is -1.06. The normalized spacial score (nSPS) is 24.7. The summed E-state index contributed by atoms with van der Waals surface area (Å²) in [7, 11) is 0. The molecule has 0 heterocycles. The fourth-order valence-electron chi connectivity index (χ4n) is 3.11. The number of carboxylic acid groups (broad SMARTS) is 2. The number of carbonyl (C=O) groups is 2. The van der Waals surface area contributed by atoms with Gasteiger partial charge >= 0.3 is 5.97 Å². The second kappa shape index (κ2) is 7.09. The molecular weight excluding hydrogens is 256 g/mol. The second-order valence-electron chi connectivity index (χ2n) is 7.45. The Morgan fingerprint density at radius 1 is 1.20 bits per heavy atom. The van der Waals surface area contributed by atoms with Gasteiger partial charge in [0.05, 0.1) is 6.42 Å². The molecule has 0 radical (unpaired) electrons. The van der Waals surface area contributed by atoms with Crippen LogP contribution in [0.3, 0.4) is 0 Å². The number of hydrogen-bond donors (Lipinski definition) is 2. The summed E-state index contributed by atoms with van der Waals surface area (Å²) in [6, 6.07) is 0. The predicted octanol–water partition coefficient (Wildman–Crippen LogP) is 4.04. The first-order valence-corrected chi connectivity index (χ1v) is 7.30. The van der Waals surface area contributed by atoms with E-state index in [1.807, 2.05) is 0 Å². The zero-order valence-electron chi connectivity index (χ0n) is 13.7. The Labute approximate surface area is 122 Å². The van der Waals surface area contributed by atoms with E-state index in [0.717, 1.165) is 19.3 Å². The largest absolute Gasteiger partial charge is 0.481 e. The van der Waals surface area contributed by atoms with Gasteiger partial charge in [-0.1, -0.05) is 34.6 Å². The van der Waals surface area contributed by atoms with Crippen LogP contribution in [0, 0.1) is 22.7 Å². The highest BCUT2D eigenvalue weighted by molar-refractivity contribution is 5.67. The first-order chi connectivity index (χ1) is 8.88. The first kappa shape index (κ1) is 18.9. The Morgan fingerprint density at radius 2 is 1.65 bits per heavy atom. The van der Waals surface area contributed by atoms with Crippen molar-refractivity contribution in [1.82, 2.24) is 0 Å². The molecule has 1 aliphatic carbocycles. The molecule has 0 aromatic rings. The van der Waals surface area contributed by atoms with E-state index in [0.29, 0.717) is 11.3 Å². The summed E-state index contributed by atoms with van der Waals surface area (Å²) in [5.41, 5.74) is 0.299. The van der Waals surface area contributed by atoms with Gasteiger partial charge in [-0.05, 0) is 41.9 Å². The molecule has 4 nitrogen and oxygen atoms in total. The molecule has 0 aliphatic heterocycles. The van der Waals surface area contributed by atoms with Gasteiger partial charge in [0.1, 0.15) is 0 Å². The summed E-state index contributed by atoms with van der Waals surface area (Å²) in [6.45, 7) is 12.3. The lowest BCUT2D eigenvalue weighted by Gasteiger charge is -2.36. The second-order valence-corrected chi connectivity index (χ2v) is 7.45. The zero-order valence-corrected chi connectivity index (χ0v) is 13.7. The fourth-order valence-corrected chi connectivity index (χ4v) is 3.11. The Bertz CT molecular complexity index is 340. The maximum absolute atomic E-state index is 10.8. The van der Waals surface area contributed by atoms with Crippen molar-refractivity contribution < 1.29 is 19.8 Å². The van der Waals surface area contributed by atoms with Gasteiger partial charge in [-0.15, -0.1) is 0 Å². The number of hydrogen-bond acceptors (Lipinski definition) is 2. The zero-order chi connectivity index (χ0) is 16.1. The molecular formula is C16H30O4. The highest BCUT2D eigenvalue weighted by Gasteiger charge is 2.42. The van der Waals surface area contributed by atoms with Crippen LogP contribution in [0.2, 0.25) is 0 Å². The average molecular weight is 286 g/mol. The van der Waals surface area contributed by atoms with Crippen LogP contribution in [0.1, 0.15) is 67.2 Å². The molecule has 4 heteroatoms. The van der Waals surface area contributed by atoms with Crippen LogP contribution in [0.4, 0.5) is 0 Å². The van der Waals surface area contributed by atoms with Gasteiger partial charge < -0.3 is 10.2 Å². The van der Waals surface area contributed by atoms with Crippen LogP contribution in [-0.4, -0.2) is 22.2 Å². The molecule has 1 saturated carbocycles. The molecule has 2 N–H and O–H groups in total. The monoisotopic (exact) mass is 286 g/mol. The molecule has 0 saturated heterocycles. The number of aliphatic carboxylic acids is 2. The fraction of sp³-hybridized carbons (Fsp3) is 0.875. The molecule has 0 bridgehead atoms. The highest BCUT2D eigenvalue weighted by atomic mass is 16.4. The minimum atomic E-state index is -0.833. The van der Waals surface area contributed by atoms with E-state index in [1.54, 1.807) is 0 Å². The summed E-state index contributed by atoms with van der Waals surface area (Å²) in [6.07, 6.45) is 3.88. The lowest BCUT2D eigenvalue weighted by Crippen LogP contribution is -2.29. The van der Waals surface area contributed by atoms with E-state index in [-0.39, 0.29) is 11.8 Å². The van der Waals surface area contributed by atoms with Gasteiger partial charge in [-0.3, -0.25) is 9.59 Å². The quantitative estimate of drug-likeness (QED) is 0.818. The van der Waals surface area contributed by atoms with E-state index in [9.17, 15) is 4.79 Å². The molecule has 1 rings (SSSR count). The lowest BCUT2D eigenvalue weighted by molar-refractivity contribution is -0.139. The van der Waals surface area contributed by atoms with Gasteiger partial charge in [-0.25, -0.2) is 0 Å². The van der Waals surface area contributed by atoms with Crippen LogP contribution >= 0.6 is 0 Å². The predicted molar refractivity (Wildman–Crippen MR) is 79.6 cm³/mol. The molecule has 0 aromatic carbocycles. The summed E-state index contributed by atoms with van der Waals surface area (Å²) in [5.74, 6) is -0.0659. The van der Waals surface area contributed by atoms with Crippen molar-refractivity contribution >= 4 is 11.9 Å². The summed E-state index contributed by atoms with van der Waals surface area (Å²) in [5, 5.41) is 16.3. The Kier molecular flexibility index (Phi) is 6.72. The molecule has 0 aromatic heterocycles. The van der Waals surface area contributed by atoms with Crippen molar-refractivity contribution in [2.75, 3.05) is 0 Å².